The van der Waals surface area contributed by atoms with E-state index in [4.69, 9.17) is 0 Å². The Bertz CT molecular complexity index is 569. The Morgan fingerprint density at radius 1 is 1.30 bits per heavy atom. The molecule has 2 heterocycles. The van der Waals surface area contributed by atoms with Gasteiger partial charge in [-0.05, 0) is 36.9 Å². The predicted octanol–water partition coefficient (Wildman–Crippen LogP) is 2.04. The number of aryl methyl sites for hydroxylation is 2. The first-order chi connectivity index (χ1) is 9.76. The third-order valence-electron chi connectivity index (χ3n) is 4.01. The van der Waals surface area contributed by atoms with E-state index in [2.05, 4.69) is 39.5 Å². The average Bonchev–Trinajstić information content (AvgIpc) is 2.96. The molecule has 0 aromatic carbocycles. The second-order valence-electron chi connectivity index (χ2n) is 5.65. The molecule has 0 bridgehead atoms. The summed E-state index contributed by atoms with van der Waals surface area (Å²) in [4.78, 5) is 0. The topological polar surface area (TPSA) is 47.7 Å². The van der Waals surface area contributed by atoms with Gasteiger partial charge in [0.25, 0.3) is 0 Å². The van der Waals surface area contributed by atoms with Gasteiger partial charge in [-0.3, -0.25) is 4.68 Å². The van der Waals surface area contributed by atoms with Crippen molar-refractivity contribution in [3.8, 4) is 0 Å². The van der Waals surface area contributed by atoms with Crippen molar-refractivity contribution in [3.05, 3.63) is 35.4 Å². The first-order valence-electron chi connectivity index (χ1n) is 7.53. The average molecular weight is 273 g/mol. The highest BCUT2D eigenvalue weighted by molar-refractivity contribution is 5.29. The van der Waals surface area contributed by atoms with Crippen molar-refractivity contribution in [1.29, 1.82) is 0 Å². The van der Waals surface area contributed by atoms with Crippen LogP contribution in [0.1, 0.15) is 49.0 Å². The van der Waals surface area contributed by atoms with Gasteiger partial charge >= 0.3 is 0 Å². The number of hydrogen-bond acceptors (Lipinski definition) is 3. The summed E-state index contributed by atoms with van der Waals surface area (Å²) in [6.45, 7) is 4.01. The normalized spacial score (nSPS) is 18.8. The van der Waals surface area contributed by atoms with Crippen molar-refractivity contribution in [2.45, 2.75) is 45.2 Å². The molecular weight excluding hydrogens is 250 g/mol. The van der Waals surface area contributed by atoms with Crippen LogP contribution in [0.25, 0.3) is 0 Å². The van der Waals surface area contributed by atoms with E-state index in [9.17, 15) is 0 Å². The number of rotatable bonds is 4. The Balaban J connectivity index is 1.82. The van der Waals surface area contributed by atoms with Crippen LogP contribution in [0, 0.1) is 0 Å². The van der Waals surface area contributed by atoms with E-state index in [0.29, 0.717) is 6.04 Å². The molecule has 108 valence electrons. The fourth-order valence-corrected chi connectivity index (χ4v) is 3.12. The van der Waals surface area contributed by atoms with Crippen molar-refractivity contribution in [3.63, 3.8) is 0 Å². The minimum absolute atomic E-state index is 0.514. The highest BCUT2D eigenvalue weighted by atomic mass is 15.4. The summed E-state index contributed by atoms with van der Waals surface area (Å²) >= 11 is 0. The van der Waals surface area contributed by atoms with Crippen molar-refractivity contribution in [2.75, 3.05) is 6.54 Å². The van der Waals surface area contributed by atoms with Crippen LogP contribution in [-0.2, 0) is 20.0 Å². The van der Waals surface area contributed by atoms with E-state index in [1.807, 2.05) is 13.2 Å². The molecule has 1 aliphatic rings. The summed E-state index contributed by atoms with van der Waals surface area (Å²) in [6, 6.07) is 0.514. The van der Waals surface area contributed by atoms with Gasteiger partial charge in [0.2, 0.25) is 0 Å². The molecule has 20 heavy (non-hydrogen) atoms. The van der Waals surface area contributed by atoms with E-state index < -0.39 is 0 Å². The first-order valence-corrected chi connectivity index (χ1v) is 7.53. The van der Waals surface area contributed by atoms with Gasteiger partial charge in [0.1, 0.15) is 5.69 Å². The molecule has 5 nitrogen and oxygen atoms in total. The molecule has 2 aromatic heterocycles. The summed E-state index contributed by atoms with van der Waals surface area (Å²) in [5.74, 6) is 0. The molecule has 0 fully saturated rings. The molecule has 2 aromatic rings. The summed E-state index contributed by atoms with van der Waals surface area (Å²) in [5, 5.41) is 11.8. The van der Waals surface area contributed by atoms with Crippen LogP contribution in [0.4, 0.5) is 0 Å². The standard InChI is InChI=1S/C15H23N5/c1-3-16-15-7-5-4-6-12-8-20(11-14(12)15)10-13-9-19(2)18-17-13/h8-9,11,15-16H,3-7,10H2,1-2H3. The Kier molecular flexibility index (Phi) is 3.87. The Labute approximate surface area is 120 Å². The zero-order chi connectivity index (χ0) is 13.9. The van der Waals surface area contributed by atoms with Gasteiger partial charge in [0.05, 0.1) is 6.54 Å². The molecule has 1 unspecified atom stereocenters. The van der Waals surface area contributed by atoms with E-state index in [1.165, 1.54) is 36.8 Å². The molecule has 3 rings (SSSR count). The van der Waals surface area contributed by atoms with Crippen LogP contribution in [0.3, 0.4) is 0 Å². The van der Waals surface area contributed by atoms with Gasteiger partial charge in [-0.15, -0.1) is 5.10 Å². The number of hydrogen-bond donors (Lipinski definition) is 1. The molecule has 0 radical (unpaired) electrons. The summed E-state index contributed by atoms with van der Waals surface area (Å²) in [6.07, 6.45) is 11.6. The van der Waals surface area contributed by atoms with Gasteiger partial charge in [-0.2, -0.15) is 0 Å². The van der Waals surface area contributed by atoms with Crippen molar-refractivity contribution < 1.29 is 0 Å². The zero-order valence-corrected chi connectivity index (χ0v) is 12.3. The van der Waals surface area contributed by atoms with Crippen LogP contribution < -0.4 is 5.32 Å². The SMILES string of the molecule is CCNC1CCCCc2cn(Cc3cn(C)nn3)cc21. The quantitative estimate of drug-likeness (QED) is 0.867. The molecule has 0 saturated carbocycles. The predicted molar refractivity (Wildman–Crippen MR) is 78.5 cm³/mol. The molecular formula is C15H23N5. The molecule has 0 spiro atoms. The lowest BCUT2D eigenvalue weighted by molar-refractivity contribution is 0.502. The molecule has 0 amide bonds. The van der Waals surface area contributed by atoms with E-state index >= 15 is 0 Å². The number of fused-ring (bicyclic) bond motifs is 1. The largest absolute Gasteiger partial charge is 0.348 e. The number of nitrogens with zero attached hydrogens (tertiary/aromatic N) is 4. The summed E-state index contributed by atoms with van der Waals surface area (Å²) < 4.78 is 4.01. The second kappa shape index (κ2) is 5.79. The van der Waals surface area contributed by atoms with E-state index in [0.717, 1.165) is 18.8 Å². The lowest BCUT2D eigenvalue weighted by atomic mass is 10.0. The van der Waals surface area contributed by atoms with Crippen LogP contribution >= 0.6 is 0 Å². The third kappa shape index (κ3) is 2.77. The fraction of sp³-hybridized carbons (Fsp3) is 0.600. The number of nitrogens with one attached hydrogen (secondary N) is 1. The van der Waals surface area contributed by atoms with Gasteiger partial charge in [0.15, 0.2) is 0 Å². The first kappa shape index (κ1) is 13.4. The Morgan fingerprint density at radius 3 is 2.95 bits per heavy atom. The highest BCUT2D eigenvalue weighted by Crippen LogP contribution is 2.29. The van der Waals surface area contributed by atoms with Crippen molar-refractivity contribution >= 4 is 0 Å². The molecule has 0 saturated heterocycles. The van der Waals surface area contributed by atoms with Crippen LogP contribution in [0.2, 0.25) is 0 Å². The van der Waals surface area contributed by atoms with E-state index in [1.54, 1.807) is 4.68 Å². The zero-order valence-electron chi connectivity index (χ0n) is 12.3. The molecule has 5 heteroatoms. The minimum Gasteiger partial charge on any atom is -0.348 e. The monoisotopic (exact) mass is 273 g/mol. The van der Waals surface area contributed by atoms with Gasteiger partial charge in [0, 0.05) is 31.7 Å². The highest BCUT2D eigenvalue weighted by Gasteiger charge is 2.19. The maximum absolute atomic E-state index is 4.17. The lowest BCUT2D eigenvalue weighted by Gasteiger charge is -2.15. The molecule has 0 aliphatic heterocycles. The fourth-order valence-electron chi connectivity index (χ4n) is 3.12. The van der Waals surface area contributed by atoms with Crippen molar-refractivity contribution in [2.24, 2.45) is 7.05 Å². The summed E-state index contributed by atoms with van der Waals surface area (Å²) in [5.41, 5.74) is 3.99. The Hall–Kier alpha value is -1.62. The lowest BCUT2D eigenvalue weighted by Crippen LogP contribution is -2.20. The van der Waals surface area contributed by atoms with Crippen molar-refractivity contribution in [1.82, 2.24) is 24.9 Å². The third-order valence-corrected chi connectivity index (χ3v) is 4.01. The van der Waals surface area contributed by atoms with Gasteiger partial charge in [-0.1, -0.05) is 18.6 Å². The molecule has 1 N–H and O–H groups in total. The summed E-state index contributed by atoms with van der Waals surface area (Å²) in [7, 11) is 1.91. The van der Waals surface area contributed by atoms with Crippen LogP contribution in [0.5, 0.6) is 0 Å². The van der Waals surface area contributed by atoms with Crippen LogP contribution in [-0.4, -0.2) is 26.1 Å². The minimum atomic E-state index is 0.514. The van der Waals surface area contributed by atoms with Gasteiger partial charge in [-0.25, -0.2) is 0 Å². The van der Waals surface area contributed by atoms with Crippen LogP contribution in [0.15, 0.2) is 18.6 Å². The maximum Gasteiger partial charge on any atom is 0.102 e. The Morgan fingerprint density at radius 2 is 2.20 bits per heavy atom. The van der Waals surface area contributed by atoms with E-state index in [-0.39, 0.29) is 0 Å². The smallest absolute Gasteiger partial charge is 0.102 e. The second-order valence-corrected chi connectivity index (χ2v) is 5.65. The molecule has 1 aliphatic carbocycles. The van der Waals surface area contributed by atoms with Gasteiger partial charge < -0.3 is 9.88 Å². The maximum atomic E-state index is 4.17. The molecule has 1 atom stereocenters. The number of aromatic nitrogens is 4.